The van der Waals surface area contributed by atoms with Gasteiger partial charge in [-0.15, -0.1) is 0 Å². The summed E-state index contributed by atoms with van der Waals surface area (Å²) in [5, 5.41) is 3.69. The van der Waals surface area contributed by atoms with Crippen LogP contribution in [0.25, 0.3) is 11.0 Å². The van der Waals surface area contributed by atoms with E-state index in [-0.39, 0.29) is 0 Å². The highest BCUT2D eigenvalue weighted by molar-refractivity contribution is 5.77. The van der Waals surface area contributed by atoms with Gasteiger partial charge in [-0.1, -0.05) is 0 Å². The van der Waals surface area contributed by atoms with Gasteiger partial charge in [-0.05, 0) is 31.4 Å². The Kier molecular flexibility index (Phi) is 2.36. The van der Waals surface area contributed by atoms with Crippen LogP contribution in [0.1, 0.15) is 31.0 Å². The highest BCUT2D eigenvalue weighted by Gasteiger charge is 2.41. The van der Waals surface area contributed by atoms with Crippen molar-refractivity contribution < 1.29 is 4.74 Å². The van der Waals surface area contributed by atoms with Crippen LogP contribution in [0.4, 0.5) is 0 Å². The first-order chi connectivity index (χ1) is 9.26. The highest BCUT2D eigenvalue weighted by Crippen LogP contribution is 2.40. The number of methoxy groups -OCH3 is 1. The summed E-state index contributed by atoms with van der Waals surface area (Å²) < 4.78 is 7.54. The van der Waals surface area contributed by atoms with Crippen LogP contribution in [0.5, 0.6) is 5.75 Å². The molecule has 1 aromatic heterocycles. The highest BCUT2D eigenvalue weighted by atomic mass is 16.5. The summed E-state index contributed by atoms with van der Waals surface area (Å²) in [6.07, 6.45) is 3.86. The topological polar surface area (TPSA) is 39.1 Å². The van der Waals surface area contributed by atoms with Crippen LogP contribution in [-0.4, -0.2) is 28.7 Å². The van der Waals surface area contributed by atoms with Crippen molar-refractivity contribution in [3.63, 3.8) is 0 Å². The third-order valence-electron chi connectivity index (χ3n) is 4.75. The number of nitrogens with one attached hydrogen (secondary N) is 1. The molecule has 2 aliphatic heterocycles. The van der Waals surface area contributed by atoms with Crippen molar-refractivity contribution in [1.29, 1.82) is 0 Å². The summed E-state index contributed by atoms with van der Waals surface area (Å²) >= 11 is 0. The van der Waals surface area contributed by atoms with E-state index in [1.807, 2.05) is 12.1 Å². The van der Waals surface area contributed by atoms with E-state index >= 15 is 0 Å². The Bertz CT molecular complexity index is 634. The molecule has 1 N–H and O–H groups in total. The molecule has 0 aliphatic carbocycles. The fourth-order valence-electron chi connectivity index (χ4n) is 3.77. The molecule has 1 aromatic carbocycles. The quantitative estimate of drug-likeness (QED) is 0.896. The van der Waals surface area contributed by atoms with Crippen molar-refractivity contribution in [3.8, 4) is 5.75 Å². The zero-order valence-corrected chi connectivity index (χ0v) is 11.4. The van der Waals surface area contributed by atoms with Crippen molar-refractivity contribution in [1.82, 2.24) is 14.9 Å². The molecule has 0 radical (unpaired) electrons. The number of ether oxygens (including phenoxy) is 1. The van der Waals surface area contributed by atoms with Gasteiger partial charge >= 0.3 is 0 Å². The first kappa shape index (κ1) is 11.3. The molecule has 2 fully saturated rings. The molecule has 2 aliphatic rings. The number of nitrogens with zero attached hydrogens (tertiary/aromatic N) is 2. The lowest BCUT2D eigenvalue weighted by Gasteiger charge is -2.19. The average Bonchev–Trinajstić information content (AvgIpc) is 3.12. The van der Waals surface area contributed by atoms with Crippen LogP contribution >= 0.6 is 0 Å². The Labute approximate surface area is 112 Å². The van der Waals surface area contributed by atoms with Gasteiger partial charge in [0.2, 0.25) is 0 Å². The molecule has 0 saturated carbocycles. The van der Waals surface area contributed by atoms with E-state index in [0.29, 0.717) is 18.0 Å². The number of rotatable bonds is 2. The molecule has 4 rings (SSSR count). The summed E-state index contributed by atoms with van der Waals surface area (Å²) in [4.78, 5) is 4.86. The van der Waals surface area contributed by atoms with E-state index in [0.717, 1.165) is 11.3 Å². The Morgan fingerprint density at radius 2 is 2.26 bits per heavy atom. The maximum atomic E-state index is 5.28. The summed E-state index contributed by atoms with van der Waals surface area (Å²) in [6.45, 7) is 0. The molecule has 19 heavy (non-hydrogen) atoms. The molecule has 0 spiro atoms. The predicted molar refractivity (Wildman–Crippen MR) is 74.6 cm³/mol. The number of aryl methyl sites for hydroxylation is 1. The second kappa shape index (κ2) is 3.97. The Morgan fingerprint density at radius 1 is 1.37 bits per heavy atom. The molecule has 100 valence electrons. The van der Waals surface area contributed by atoms with Crippen molar-refractivity contribution in [2.45, 2.75) is 37.3 Å². The summed E-state index contributed by atoms with van der Waals surface area (Å²) in [6, 6.07) is 7.48. The van der Waals surface area contributed by atoms with E-state index in [1.54, 1.807) is 7.11 Å². The molecule has 3 heterocycles. The Balaban J connectivity index is 1.80. The van der Waals surface area contributed by atoms with E-state index in [9.17, 15) is 0 Å². The monoisotopic (exact) mass is 257 g/mol. The molecule has 2 bridgehead atoms. The van der Waals surface area contributed by atoms with Gasteiger partial charge in [0.15, 0.2) is 0 Å². The number of benzene rings is 1. The molecule has 2 aromatic rings. The minimum absolute atomic E-state index is 0.571. The van der Waals surface area contributed by atoms with E-state index in [1.165, 1.54) is 30.6 Å². The molecule has 3 atom stereocenters. The molecule has 3 unspecified atom stereocenters. The van der Waals surface area contributed by atoms with E-state index in [2.05, 4.69) is 23.0 Å². The third-order valence-corrected chi connectivity index (χ3v) is 4.75. The average molecular weight is 257 g/mol. The maximum absolute atomic E-state index is 5.28. The van der Waals surface area contributed by atoms with Crippen LogP contribution in [0.3, 0.4) is 0 Å². The normalized spacial score (nSPS) is 29.3. The summed E-state index contributed by atoms with van der Waals surface area (Å²) in [5.41, 5.74) is 2.23. The second-order valence-corrected chi connectivity index (χ2v) is 5.77. The van der Waals surface area contributed by atoms with E-state index in [4.69, 9.17) is 9.72 Å². The van der Waals surface area contributed by atoms with Gasteiger partial charge in [0.1, 0.15) is 11.6 Å². The first-order valence-electron chi connectivity index (χ1n) is 7.02. The summed E-state index contributed by atoms with van der Waals surface area (Å²) in [5.74, 6) is 2.67. The van der Waals surface area contributed by atoms with Crippen molar-refractivity contribution in [2.75, 3.05) is 7.11 Å². The number of aromatic nitrogens is 2. The van der Waals surface area contributed by atoms with Crippen molar-refractivity contribution >= 4 is 11.0 Å². The lowest BCUT2D eigenvalue weighted by atomic mass is 9.88. The first-order valence-corrected chi connectivity index (χ1v) is 7.02. The van der Waals surface area contributed by atoms with Crippen LogP contribution in [0.15, 0.2) is 18.2 Å². The van der Waals surface area contributed by atoms with Gasteiger partial charge in [0.05, 0.1) is 18.1 Å². The lowest BCUT2D eigenvalue weighted by Crippen LogP contribution is -2.23. The largest absolute Gasteiger partial charge is 0.497 e. The van der Waals surface area contributed by atoms with Crippen LogP contribution < -0.4 is 10.1 Å². The van der Waals surface area contributed by atoms with Gasteiger partial charge in [-0.25, -0.2) is 4.98 Å². The number of hydrogen-bond acceptors (Lipinski definition) is 3. The Morgan fingerprint density at radius 3 is 2.95 bits per heavy atom. The van der Waals surface area contributed by atoms with Crippen LogP contribution in [0, 0.1) is 0 Å². The van der Waals surface area contributed by atoms with Crippen molar-refractivity contribution in [2.24, 2.45) is 7.05 Å². The minimum Gasteiger partial charge on any atom is -0.497 e. The molecule has 2 saturated heterocycles. The number of imidazole rings is 1. The standard InChI is InChI=1S/C15H19N3O/c1-18-14-6-4-10(19-2)8-13(14)17-15(18)11-7-9-3-5-12(11)16-9/h4,6,8-9,11-12,16H,3,5,7H2,1-2H3. The zero-order chi connectivity index (χ0) is 13.0. The maximum Gasteiger partial charge on any atom is 0.121 e. The van der Waals surface area contributed by atoms with Gasteiger partial charge in [0.25, 0.3) is 0 Å². The molecule has 4 nitrogen and oxygen atoms in total. The van der Waals surface area contributed by atoms with E-state index < -0.39 is 0 Å². The summed E-state index contributed by atoms with van der Waals surface area (Å²) in [7, 11) is 3.83. The fraction of sp³-hybridized carbons (Fsp3) is 0.533. The minimum atomic E-state index is 0.571. The van der Waals surface area contributed by atoms with Gasteiger partial charge in [-0.2, -0.15) is 0 Å². The smallest absolute Gasteiger partial charge is 0.121 e. The third kappa shape index (κ3) is 1.59. The SMILES string of the molecule is COc1ccc2c(c1)nc(C1CC3CCC1N3)n2C. The Hall–Kier alpha value is -1.55. The molecular formula is C15H19N3O. The second-order valence-electron chi connectivity index (χ2n) is 5.77. The van der Waals surface area contributed by atoms with Gasteiger partial charge < -0.3 is 14.6 Å². The number of fused-ring (bicyclic) bond motifs is 3. The molecule has 4 heteroatoms. The fourth-order valence-corrected chi connectivity index (χ4v) is 3.77. The van der Waals surface area contributed by atoms with Gasteiger partial charge in [0, 0.05) is 31.1 Å². The zero-order valence-electron chi connectivity index (χ0n) is 11.4. The van der Waals surface area contributed by atoms with Crippen LogP contribution in [0.2, 0.25) is 0 Å². The predicted octanol–water partition coefficient (Wildman–Crippen LogP) is 2.19. The molecular weight excluding hydrogens is 238 g/mol. The molecule has 0 amide bonds. The lowest BCUT2D eigenvalue weighted by molar-refractivity contribution is 0.415. The number of hydrogen-bond donors (Lipinski definition) is 1. The van der Waals surface area contributed by atoms with Gasteiger partial charge in [-0.3, -0.25) is 0 Å². The van der Waals surface area contributed by atoms with Crippen molar-refractivity contribution in [3.05, 3.63) is 24.0 Å². The van der Waals surface area contributed by atoms with Crippen LogP contribution in [-0.2, 0) is 7.05 Å².